The molecule has 0 spiro atoms. The van der Waals surface area contributed by atoms with Gasteiger partial charge in [-0.05, 0) is 37.7 Å². The van der Waals surface area contributed by atoms with Crippen LogP contribution in [0.2, 0.25) is 10.0 Å². The average molecular weight is 376 g/mol. The van der Waals surface area contributed by atoms with Crippen molar-refractivity contribution in [1.82, 2.24) is 24.6 Å². The van der Waals surface area contributed by atoms with E-state index < -0.39 is 0 Å². The van der Waals surface area contributed by atoms with Gasteiger partial charge in [0.15, 0.2) is 5.65 Å². The normalized spacial score (nSPS) is 16.2. The highest BCUT2D eigenvalue weighted by atomic mass is 35.5. The van der Waals surface area contributed by atoms with E-state index in [0.29, 0.717) is 10.0 Å². The van der Waals surface area contributed by atoms with Gasteiger partial charge in [0.05, 0.1) is 21.4 Å². The number of pyridine rings is 2. The minimum absolute atomic E-state index is 0.557. The van der Waals surface area contributed by atoms with E-state index in [4.69, 9.17) is 28.2 Å². The van der Waals surface area contributed by atoms with Crippen LogP contribution in [0.5, 0.6) is 0 Å². The number of nitrogens with zero attached hydrogens (tertiary/aromatic N) is 4. The average Bonchev–Trinajstić information content (AvgIpc) is 2.79. The lowest BCUT2D eigenvalue weighted by Gasteiger charge is -2.20. The van der Waals surface area contributed by atoms with Gasteiger partial charge in [-0.25, -0.2) is 4.98 Å². The third kappa shape index (κ3) is 3.51. The molecule has 0 radical (unpaired) electrons. The molecule has 7 heteroatoms. The van der Waals surface area contributed by atoms with Crippen molar-refractivity contribution in [3.63, 3.8) is 0 Å². The predicted molar refractivity (Wildman–Crippen MR) is 101 cm³/mol. The zero-order chi connectivity index (χ0) is 17.2. The van der Waals surface area contributed by atoms with E-state index in [1.54, 1.807) is 12.3 Å². The summed E-state index contributed by atoms with van der Waals surface area (Å²) in [5.41, 5.74) is 3.72. The lowest BCUT2D eigenvalue weighted by molar-refractivity contribution is 0.281. The standard InChI is InChI=1S/C18H19Cl2N5/c19-14-9-15(20)18-23-17(13-3-1-4-22-10-13)16(25(18)11-14)12-24-7-2-5-21-6-8-24/h1,3-4,9-11,21H,2,5-8,12H2. The number of imidazole rings is 1. The molecule has 1 saturated heterocycles. The molecule has 1 aliphatic heterocycles. The highest BCUT2D eigenvalue weighted by Crippen LogP contribution is 2.30. The predicted octanol–water partition coefficient (Wildman–Crippen LogP) is 3.50. The number of aromatic nitrogens is 3. The lowest BCUT2D eigenvalue weighted by Crippen LogP contribution is -2.28. The second-order valence-electron chi connectivity index (χ2n) is 6.23. The molecular weight excluding hydrogens is 357 g/mol. The van der Waals surface area contributed by atoms with Gasteiger partial charge < -0.3 is 5.32 Å². The van der Waals surface area contributed by atoms with Crippen LogP contribution in [-0.4, -0.2) is 45.4 Å². The van der Waals surface area contributed by atoms with E-state index >= 15 is 0 Å². The van der Waals surface area contributed by atoms with Gasteiger partial charge in [-0.3, -0.25) is 14.3 Å². The summed E-state index contributed by atoms with van der Waals surface area (Å²) in [5, 5.41) is 4.60. The first-order valence-corrected chi connectivity index (χ1v) is 9.17. The molecule has 0 aromatic carbocycles. The van der Waals surface area contributed by atoms with E-state index in [9.17, 15) is 0 Å². The van der Waals surface area contributed by atoms with Crippen LogP contribution in [-0.2, 0) is 6.54 Å². The molecule has 1 fully saturated rings. The largest absolute Gasteiger partial charge is 0.315 e. The van der Waals surface area contributed by atoms with Crippen LogP contribution in [0.4, 0.5) is 0 Å². The van der Waals surface area contributed by atoms with Crippen molar-refractivity contribution in [3.8, 4) is 11.3 Å². The molecule has 4 heterocycles. The van der Waals surface area contributed by atoms with Crippen LogP contribution >= 0.6 is 23.2 Å². The smallest absolute Gasteiger partial charge is 0.156 e. The third-order valence-corrected chi connectivity index (χ3v) is 4.97. The van der Waals surface area contributed by atoms with Crippen LogP contribution in [0.1, 0.15) is 12.1 Å². The van der Waals surface area contributed by atoms with E-state index in [1.165, 1.54) is 0 Å². The van der Waals surface area contributed by atoms with Gasteiger partial charge in [-0.1, -0.05) is 23.2 Å². The van der Waals surface area contributed by atoms with Crippen LogP contribution in [0.25, 0.3) is 16.9 Å². The summed E-state index contributed by atoms with van der Waals surface area (Å²) in [6.45, 7) is 4.93. The summed E-state index contributed by atoms with van der Waals surface area (Å²) in [6.07, 6.45) is 6.63. The molecule has 0 unspecified atom stereocenters. The number of halogens is 2. The Morgan fingerprint density at radius 1 is 1.20 bits per heavy atom. The van der Waals surface area contributed by atoms with Crippen molar-refractivity contribution < 1.29 is 0 Å². The molecule has 130 valence electrons. The van der Waals surface area contributed by atoms with Crippen LogP contribution in [0, 0.1) is 0 Å². The maximum atomic E-state index is 6.40. The molecule has 0 aliphatic carbocycles. The molecule has 0 saturated carbocycles. The van der Waals surface area contributed by atoms with E-state index in [1.807, 2.05) is 28.9 Å². The van der Waals surface area contributed by atoms with Crippen molar-refractivity contribution in [3.05, 3.63) is 52.5 Å². The number of hydrogen-bond acceptors (Lipinski definition) is 4. The first-order chi connectivity index (χ1) is 12.2. The Balaban J connectivity index is 1.83. The van der Waals surface area contributed by atoms with E-state index in [2.05, 4.69) is 15.2 Å². The Hall–Kier alpha value is -1.66. The third-order valence-electron chi connectivity index (χ3n) is 4.48. The van der Waals surface area contributed by atoms with E-state index in [0.717, 1.165) is 61.7 Å². The second kappa shape index (κ2) is 7.30. The summed E-state index contributed by atoms with van der Waals surface area (Å²) in [6, 6.07) is 5.68. The number of nitrogens with one attached hydrogen (secondary N) is 1. The van der Waals surface area contributed by atoms with Crippen molar-refractivity contribution in [2.45, 2.75) is 13.0 Å². The highest BCUT2D eigenvalue weighted by molar-refractivity contribution is 6.36. The molecule has 3 aromatic rings. The topological polar surface area (TPSA) is 45.5 Å². The van der Waals surface area contributed by atoms with Gasteiger partial charge in [0.1, 0.15) is 0 Å². The SMILES string of the molecule is Clc1cc(Cl)c2nc(-c3cccnc3)c(CN3CCCNCC3)n2c1. The highest BCUT2D eigenvalue weighted by Gasteiger charge is 2.20. The van der Waals surface area contributed by atoms with Crippen molar-refractivity contribution in [1.29, 1.82) is 0 Å². The van der Waals surface area contributed by atoms with Gasteiger partial charge in [-0.2, -0.15) is 0 Å². The molecular formula is C18H19Cl2N5. The monoisotopic (exact) mass is 375 g/mol. The zero-order valence-electron chi connectivity index (χ0n) is 13.8. The Bertz CT molecular complexity index is 870. The lowest BCUT2D eigenvalue weighted by atomic mass is 10.1. The Morgan fingerprint density at radius 2 is 2.12 bits per heavy atom. The second-order valence-corrected chi connectivity index (χ2v) is 7.07. The summed E-state index contributed by atoms with van der Waals surface area (Å²) < 4.78 is 2.02. The summed E-state index contributed by atoms with van der Waals surface area (Å²) >= 11 is 12.6. The maximum Gasteiger partial charge on any atom is 0.156 e. The first kappa shape index (κ1) is 16.8. The van der Waals surface area contributed by atoms with Crippen molar-refractivity contribution >= 4 is 28.8 Å². The Labute approximate surface area is 156 Å². The van der Waals surface area contributed by atoms with Crippen molar-refractivity contribution in [2.75, 3.05) is 26.2 Å². The molecule has 0 atom stereocenters. The fraction of sp³-hybridized carbons (Fsp3) is 0.333. The molecule has 1 aliphatic rings. The molecule has 0 amide bonds. The van der Waals surface area contributed by atoms with E-state index in [-0.39, 0.29) is 0 Å². The van der Waals surface area contributed by atoms with Gasteiger partial charge in [-0.15, -0.1) is 0 Å². The van der Waals surface area contributed by atoms with Crippen LogP contribution in [0.15, 0.2) is 36.8 Å². The van der Waals surface area contributed by atoms with Crippen LogP contribution < -0.4 is 5.32 Å². The Kier molecular flexibility index (Phi) is 4.90. The molecule has 3 aromatic heterocycles. The zero-order valence-corrected chi connectivity index (χ0v) is 15.3. The Morgan fingerprint density at radius 3 is 2.96 bits per heavy atom. The maximum absolute atomic E-state index is 6.40. The number of rotatable bonds is 3. The van der Waals surface area contributed by atoms with Crippen LogP contribution in [0.3, 0.4) is 0 Å². The quantitative estimate of drug-likeness (QED) is 0.760. The molecule has 1 N–H and O–H groups in total. The van der Waals surface area contributed by atoms with Gasteiger partial charge in [0.25, 0.3) is 0 Å². The van der Waals surface area contributed by atoms with Gasteiger partial charge >= 0.3 is 0 Å². The first-order valence-electron chi connectivity index (χ1n) is 8.42. The minimum atomic E-state index is 0.557. The van der Waals surface area contributed by atoms with Gasteiger partial charge in [0, 0.05) is 43.8 Å². The number of hydrogen-bond donors (Lipinski definition) is 1. The summed E-state index contributed by atoms with van der Waals surface area (Å²) in [5.74, 6) is 0. The molecule has 0 bridgehead atoms. The summed E-state index contributed by atoms with van der Waals surface area (Å²) in [4.78, 5) is 11.5. The molecule has 25 heavy (non-hydrogen) atoms. The minimum Gasteiger partial charge on any atom is -0.315 e. The van der Waals surface area contributed by atoms with Crippen molar-refractivity contribution in [2.24, 2.45) is 0 Å². The molecule has 4 rings (SSSR count). The molecule has 5 nitrogen and oxygen atoms in total. The summed E-state index contributed by atoms with van der Waals surface area (Å²) in [7, 11) is 0. The fourth-order valence-corrected chi connectivity index (χ4v) is 3.79. The van der Waals surface area contributed by atoms with Gasteiger partial charge in [0.2, 0.25) is 0 Å². The number of fused-ring (bicyclic) bond motifs is 1. The fourth-order valence-electron chi connectivity index (χ4n) is 3.28.